The highest BCUT2D eigenvalue weighted by Crippen LogP contribution is 2.18. The van der Waals surface area contributed by atoms with Gasteiger partial charge in [0.25, 0.3) is 0 Å². The highest BCUT2D eigenvalue weighted by atomic mass is 35.5. The highest BCUT2D eigenvalue weighted by Gasteiger charge is 2.16. The summed E-state index contributed by atoms with van der Waals surface area (Å²) < 4.78 is 0. The van der Waals surface area contributed by atoms with Gasteiger partial charge < -0.3 is 10.6 Å². The molecule has 1 aliphatic rings. The van der Waals surface area contributed by atoms with Crippen LogP contribution in [0.25, 0.3) is 0 Å². The number of hydrogen-bond donors (Lipinski definition) is 2. The van der Waals surface area contributed by atoms with E-state index in [0.717, 1.165) is 18.4 Å². The molecule has 104 valence electrons. The number of rotatable bonds is 3. The standard InChI is InChI=1S/C15H21ClN2O/c1-11(12-7-9-13(16)10-8-12)17-15(19)18-14-5-3-2-4-6-14/h7-11,14H,2-6H2,1H3,(H2,17,18,19). The maximum absolute atomic E-state index is 11.9. The summed E-state index contributed by atoms with van der Waals surface area (Å²) in [6.07, 6.45) is 5.93. The molecule has 0 heterocycles. The van der Waals surface area contributed by atoms with Crippen LogP contribution < -0.4 is 10.6 Å². The molecule has 0 radical (unpaired) electrons. The van der Waals surface area contributed by atoms with Gasteiger partial charge in [-0.05, 0) is 37.5 Å². The Labute approximate surface area is 119 Å². The molecule has 0 aromatic heterocycles. The lowest BCUT2D eigenvalue weighted by Gasteiger charge is -2.24. The van der Waals surface area contributed by atoms with Crippen LogP contribution in [-0.4, -0.2) is 12.1 Å². The summed E-state index contributed by atoms with van der Waals surface area (Å²) in [5.74, 6) is 0. The minimum atomic E-state index is -0.0747. The summed E-state index contributed by atoms with van der Waals surface area (Å²) in [6.45, 7) is 1.98. The summed E-state index contributed by atoms with van der Waals surface area (Å²) in [4.78, 5) is 11.9. The molecule has 1 saturated carbocycles. The molecule has 2 amide bonds. The van der Waals surface area contributed by atoms with Gasteiger partial charge in [0.05, 0.1) is 6.04 Å². The number of urea groups is 1. The molecule has 3 nitrogen and oxygen atoms in total. The van der Waals surface area contributed by atoms with Crippen LogP contribution in [0.4, 0.5) is 4.79 Å². The third-order valence-corrected chi connectivity index (χ3v) is 3.91. The van der Waals surface area contributed by atoms with Gasteiger partial charge in [-0.3, -0.25) is 0 Å². The van der Waals surface area contributed by atoms with Gasteiger partial charge in [-0.25, -0.2) is 4.79 Å². The molecule has 1 atom stereocenters. The van der Waals surface area contributed by atoms with E-state index in [0.29, 0.717) is 11.1 Å². The van der Waals surface area contributed by atoms with E-state index in [1.807, 2.05) is 31.2 Å². The summed E-state index contributed by atoms with van der Waals surface area (Å²) in [5.41, 5.74) is 1.06. The highest BCUT2D eigenvalue weighted by molar-refractivity contribution is 6.30. The van der Waals surface area contributed by atoms with Crippen LogP contribution in [0.3, 0.4) is 0 Å². The van der Waals surface area contributed by atoms with Gasteiger partial charge >= 0.3 is 6.03 Å². The first-order chi connectivity index (χ1) is 9.15. The van der Waals surface area contributed by atoms with Crippen molar-refractivity contribution in [2.75, 3.05) is 0 Å². The van der Waals surface area contributed by atoms with E-state index in [1.165, 1.54) is 19.3 Å². The van der Waals surface area contributed by atoms with Gasteiger partial charge in [0.2, 0.25) is 0 Å². The zero-order valence-electron chi connectivity index (χ0n) is 11.3. The Morgan fingerprint density at radius 1 is 1.21 bits per heavy atom. The average molecular weight is 281 g/mol. The number of amides is 2. The molecule has 1 aromatic rings. The van der Waals surface area contributed by atoms with Crippen molar-refractivity contribution in [2.24, 2.45) is 0 Å². The minimum absolute atomic E-state index is 0.0131. The van der Waals surface area contributed by atoms with E-state index >= 15 is 0 Å². The monoisotopic (exact) mass is 280 g/mol. The third kappa shape index (κ3) is 4.43. The molecule has 19 heavy (non-hydrogen) atoms. The van der Waals surface area contributed by atoms with Gasteiger partial charge in [-0.1, -0.05) is 43.0 Å². The van der Waals surface area contributed by atoms with Crippen molar-refractivity contribution in [3.05, 3.63) is 34.9 Å². The molecule has 0 spiro atoms. The van der Waals surface area contributed by atoms with Crippen molar-refractivity contribution in [3.63, 3.8) is 0 Å². The lowest BCUT2D eigenvalue weighted by molar-refractivity contribution is 0.229. The molecule has 1 aliphatic carbocycles. The number of carbonyl (C=O) groups excluding carboxylic acids is 1. The number of hydrogen-bond acceptors (Lipinski definition) is 1. The van der Waals surface area contributed by atoms with Crippen molar-refractivity contribution in [1.82, 2.24) is 10.6 Å². The lowest BCUT2D eigenvalue weighted by Crippen LogP contribution is -2.43. The lowest BCUT2D eigenvalue weighted by atomic mass is 9.96. The Morgan fingerprint density at radius 2 is 1.84 bits per heavy atom. The number of benzene rings is 1. The number of carbonyl (C=O) groups is 1. The van der Waals surface area contributed by atoms with Crippen LogP contribution in [0, 0.1) is 0 Å². The molecule has 2 rings (SSSR count). The fraction of sp³-hybridized carbons (Fsp3) is 0.533. The molecule has 1 aromatic carbocycles. The molecule has 4 heteroatoms. The molecule has 0 bridgehead atoms. The minimum Gasteiger partial charge on any atom is -0.335 e. The van der Waals surface area contributed by atoms with Crippen molar-refractivity contribution in [3.8, 4) is 0 Å². The third-order valence-electron chi connectivity index (χ3n) is 3.66. The normalized spacial score (nSPS) is 17.8. The summed E-state index contributed by atoms with van der Waals surface area (Å²) in [7, 11) is 0. The predicted octanol–water partition coefficient (Wildman–Crippen LogP) is 4.03. The molecule has 0 aliphatic heterocycles. The first-order valence-electron chi connectivity index (χ1n) is 6.97. The molecule has 1 unspecified atom stereocenters. The molecule has 0 saturated heterocycles. The van der Waals surface area contributed by atoms with Gasteiger partial charge in [-0.15, -0.1) is 0 Å². The Balaban J connectivity index is 1.82. The Bertz CT molecular complexity index is 413. The van der Waals surface area contributed by atoms with E-state index in [1.54, 1.807) is 0 Å². The molecular formula is C15H21ClN2O. The van der Waals surface area contributed by atoms with E-state index in [4.69, 9.17) is 11.6 Å². The maximum atomic E-state index is 11.9. The van der Waals surface area contributed by atoms with Crippen LogP contribution in [0.1, 0.15) is 50.6 Å². The zero-order chi connectivity index (χ0) is 13.7. The molecular weight excluding hydrogens is 260 g/mol. The van der Waals surface area contributed by atoms with Gasteiger partial charge in [-0.2, -0.15) is 0 Å². The van der Waals surface area contributed by atoms with E-state index < -0.39 is 0 Å². The molecule has 2 N–H and O–H groups in total. The predicted molar refractivity (Wildman–Crippen MR) is 78.4 cm³/mol. The van der Waals surface area contributed by atoms with Gasteiger partial charge in [0.1, 0.15) is 0 Å². The van der Waals surface area contributed by atoms with Gasteiger partial charge in [0, 0.05) is 11.1 Å². The fourth-order valence-corrected chi connectivity index (χ4v) is 2.63. The fourth-order valence-electron chi connectivity index (χ4n) is 2.51. The second-order valence-electron chi connectivity index (χ2n) is 5.23. The second kappa shape index (κ2) is 6.80. The van der Waals surface area contributed by atoms with Crippen molar-refractivity contribution >= 4 is 17.6 Å². The van der Waals surface area contributed by atoms with E-state index in [-0.39, 0.29) is 12.1 Å². The maximum Gasteiger partial charge on any atom is 0.315 e. The van der Waals surface area contributed by atoms with Gasteiger partial charge in [0.15, 0.2) is 0 Å². The SMILES string of the molecule is CC(NC(=O)NC1CCCCC1)c1ccc(Cl)cc1. The van der Waals surface area contributed by atoms with Crippen molar-refractivity contribution < 1.29 is 4.79 Å². The Hall–Kier alpha value is -1.22. The number of nitrogens with one attached hydrogen (secondary N) is 2. The van der Waals surface area contributed by atoms with Crippen LogP contribution in [0.5, 0.6) is 0 Å². The van der Waals surface area contributed by atoms with Crippen LogP contribution in [0.2, 0.25) is 5.02 Å². The van der Waals surface area contributed by atoms with Crippen LogP contribution in [-0.2, 0) is 0 Å². The summed E-state index contributed by atoms with van der Waals surface area (Å²) >= 11 is 5.85. The average Bonchev–Trinajstić information content (AvgIpc) is 2.40. The summed E-state index contributed by atoms with van der Waals surface area (Å²) in [6, 6.07) is 7.81. The summed E-state index contributed by atoms with van der Waals surface area (Å²) in [5, 5.41) is 6.74. The molecule has 1 fully saturated rings. The van der Waals surface area contributed by atoms with Crippen LogP contribution in [0.15, 0.2) is 24.3 Å². The zero-order valence-corrected chi connectivity index (χ0v) is 12.0. The van der Waals surface area contributed by atoms with Crippen molar-refractivity contribution in [1.29, 1.82) is 0 Å². The first kappa shape index (κ1) is 14.2. The smallest absolute Gasteiger partial charge is 0.315 e. The largest absolute Gasteiger partial charge is 0.335 e. The van der Waals surface area contributed by atoms with E-state index in [9.17, 15) is 4.79 Å². The van der Waals surface area contributed by atoms with Crippen LogP contribution >= 0.6 is 11.6 Å². The first-order valence-corrected chi connectivity index (χ1v) is 7.35. The quantitative estimate of drug-likeness (QED) is 0.862. The van der Waals surface area contributed by atoms with Crippen molar-refractivity contribution in [2.45, 2.75) is 51.1 Å². The number of halogens is 1. The second-order valence-corrected chi connectivity index (χ2v) is 5.66. The van der Waals surface area contributed by atoms with E-state index in [2.05, 4.69) is 10.6 Å². The Morgan fingerprint density at radius 3 is 2.47 bits per heavy atom. The Kier molecular flexibility index (Phi) is 5.08. The topological polar surface area (TPSA) is 41.1 Å².